The first-order valence-electron chi connectivity index (χ1n) is 7.93. The number of hydrogen-bond donors (Lipinski definition) is 1. The first-order valence-corrected chi connectivity index (χ1v) is 7.93. The van der Waals surface area contributed by atoms with E-state index < -0.39 is 0 Å². The van der Waals surface area contributed by atoms with Crippen LogP contribution in [-0.2, 0) is 4.79 Å². The van der Waals surface area contributed by atoms with Crippen molar-refractivity contribution in [2.75, 3.05) is 46.3 Å². The molecule has 0 aromatic carbocycles. The summed E-state index contributed by atoms with van der Waals surface area (Å²) < 4.78 is 0. The lowest BCUT2D eigenvalue weighted by Crippen LogP contribution is -2.43. The largest absolute Gasteiger partial charge is 0.342 e. The van der Waals surface area contributed by atoms with Gasteiger partial charge in [0.25, 0.3) is 0 Å². The van der Waals surface area contributed by atoms with Crippen LogP contribution < -0.4 is 5.32 Å². The summed E-state index contributed by atoms with van der Waals surface area (Å²) >= 11 is 0. The van der Waals surface area contributed by atoms with Crippen molar-refractivity contribution in [2.45, 2.75) is 38.5 Å². The van der Waals surface area contributed by atoms with Crippen molar-refractivity contribution in [2.24, 2.45) is 5.92 Å². The van der Waals surface area contributed by atoms with E-state index in [9.17, 15) is 4.79 Å². The molecule has 1 unspecified atom stereocenters. The van der Waals surface area contributed by atoms with Crippen molar-refractivity contribution >= 4 is 5.91 Å². The number of nitrogens with one attached hydrogen (secondary N) is 1. The number of carbonyl (C=O) groups is 1. The SMILES string of the molecule is CN(CC(=O)N1CCCCCC1)CC1CCCNC1. The van der Waals surface area contributed by atoms with Crippen molar-refractivity contribution < 1.29 is 4.79 Å². The molecule has 0 aromatic rings. The molecule has 2 rings (SSSR count). The Hall–Kier alpha value is -0.610. The molecule has 2 heterocycles. The van der Waals surface area contributed by atoms with E-state index in [4.69, 9.17) is 0 Å². The molecule has 1 N–H and O–H groups in total. The summed E-state index contributed by atoms with van der Waals surface area (Å²) in [5.74, 6) is 1.05. The Kier molecular flexibility index (Phi) is 6.11. The predicted octanol–water partition coefficient (Wildman–Crippen LogP) is 1.32. The molecule has 0 bridgehead atoms. The summed E-state index contributed by atoms with van der Waals surface area (Å²) in [6.45, 7) is 5.85. The molecule has 19 heavy (non-hydrogen) atoms. The van der Waals surface area contributed by atoms with Gasteiger partial charge in [-0.25, -0.2) is 0 Å². The number of carbonyl (C=O) groups excluding carboxylic acids is 1. The number of likely N-dealkylation sites (N-methyl/N-ethyl adjacent to an activating group) is 1. The van der Waals surface area contributed by atoms with Crippen molar-refractivity contribution in [1.82, 2.24) is 15.1 Å². The van der Waals surface area contributed by atoms with Gasteiger partial charge < -0.3 is 10.2 Å². The Labute approximate surface area is 117 Å². The molecule has 1 amide bonds. The molecular formula is C15H29N3O. The molecule has 0 aliphatic carbocycles. The van der Waals surface area contributed by atoms with Crippen LogP contribution in [0.3, 0.4) is 0 Å². The summed E-state index contributed by atoms with van der Waals surface area (Å²) in [7, 11) is 2.09. The molecule has 2 aliphatic rings. The van der Waals surface area contributed by atoms with Gasteiger partial charge in [-0.05, 0) is 51.7 Å². The fraction of sp³-hybridized carbons (Fsp3) is 0.933. The van der Waals surface area contributed by atoms with Gasteiger partial charge in [-0.2, -0.15) is 0 Å². The normalized spacial score (nSPS) is 25.4. The van der Waals surface area contributed by atoms with E-state index in [1.165, 1.54) is 38.5 Å². The highest BCUT2D eigenvalue weighted by Gasteiger charge is 2.19. The lowest BCUT2D eigenvalue weighted by molar-refractivity contribution is -0.132. The Morgan fingerprint density at radius 3 is 2.58 bits per heavy atom. The number of likely N-dealkylation sites (tertiary alicyclic amines) is 1. The van der Waals surface area contributed by atoms with Crippen LogP contribution in [0.4, 0.5) is 0 Å². The quantitative estimate of drug-likeness (QED) is 0.834. The smallest absolute Gasteiger partial charge is 0.236 e. The van der Waals surface area contributed by atoms with Crippen LogP contribution in [0.25, 0.3) is 0 Å². The highest BCUT2D eigenvalue weighted by Crippen LogP contribution is 2.12. The van der Waals surface area contributed by atoms with Crippen molar-refractivity contribution in [3.8, 4) is 0 Å². The number of rotatable bonds is 4. The maximum Gasteiger partial charge on any atom is 0.236 e. The first-order chi connectivity index (χ1) is 9.25. The molecule has 2 aliphatic heterocycles. The Morgan fingerprint density at radius 1 is 1.21 bits per heavy atom. The zero-order chi connectivity index (χ0) is 13.5. The minimum atomic E-state index is 0.327. The molecule has 0 saturated carbocycles. The molecule has 4 nitrogen and oxygen atoms in total. The van der Waals surface area contributed by atoms with Gasteiger partial charge in [0, 0.05) is 19.6 Å². The summed E-state index contributed by atoms with van der Waals surface area (Å²) in [6.07, 6.45) is 7.51. The van der Waals surface area contributed by atoms with E-state index in [1.807, 2.05) is 0 Å². The van der Waals surface area contributed by atoms with E-state index >= 15 is 0 Å². The second-order valence-electron chi connectivity index (χ2n) is 6.20. The van der Waals surface area contributed by atoms with Gasteiger partial charge in [0.05, 0.1) is 6.54 Å². The number of piperidine rings is 1. The van der Waals surface area contributed by atoms with Gasteiger partial charge in [0.15, 0.2) is 0 Å². The number of amides is 1. The van der Waals surface area contributed by atoms with Crippen LogP contribution >= 0.6 is 0 Å². The monoisotopic (exact) mass is 267 g/mol. The minimum absolute atomic E-state index is 0.327. The molecule has 0 radical (unpaired) electrons. The maximum atomic E-state index is 12.3. The summed E-state index contributed by atoms with van der Waals surface area (Å²) in [6, 6.07) is 0. The molecule has 110 valence electrons. The number of nitrogens with zero attached hydrogens (tertiary/aromatic N) is 2. The highest BCUT2D eigenvalue weighted by atomic mass is 16.2. The fourth-order valence-electron chi connectivity index (χ4n) is 3.24. The maximum absolute atomic E-state index is 12.3. The topological polar surface area (TPSA) is 35.6 Å². The van der Waals surface area contributed by atoms with Gasteiger partial charge in [0.2, 0.25) is 5.91 Å². The van der Waals surface area contributed by atoms with Crippen molar-refractivity contribution in [3.05, 3.63) is 0 Å². The molecule has 2 fully saturated rings. The molecule has 0 aromatic heterocycles. The molecule has 4 heteroatoms. The Morgan fingerprint density at radius 2 is 1.95 bits per heavy atom. The summed E-state index contributed by atoms with van der Waals surface area (Å²) in [5.41, 5.74) is 0. The third kappa shape index (κ3) is 5.11. The average Bonchev–Trinajstić information content (AvgIpc) is 2.68. The fourth-order valence-corrected chi connectivity index (χ4v) is 3.24. The lowest BCUT2D eigenvalue weighted by atomic mass is 9.99. The second-order valence-corrected chi connectivity index (χ2v) is 6.20. The minimum Gasteiger partial charge on any atom is -0.342 e. The number of hydrogen-bond acceptors (Lipinski definition) is 3. The van der Waals surface area contributed by atoms with E-state index in [0.717, 1.165) is 38.6 Å². The lowest BCUT2D eigenvalue weighted by Gasteiger charge is -2.29. The van der Waals surface area contributed by atoms with Gasteiger partial charge in [-0.15, -0.1) is 0 Å². The van der Waals surface area contributed by atoms with Gasteiger partial charge >= 0.3 is 0 Å². The van der Waals surface area contributed by atoms with Crippen LogP contribution in [0.15, 0.2) is 0 Å². The zero-order valence-corrected chi connectivity index (χ0v) is 12.4. The van der Waals surface area contributed by atoms with Gasteiger partial charge in [-0.3, -0.25) is 9.69 Å². The second kappa shape index (κ2) is 7.85. The third-order valence-electron chi connectivity index (χ3n) is 4.33. The van der Waals surface area contributed by atoms with Crippen LogP contribution in [-0.4, -0.2) is 62.0 Å². The standard InChI is InChI=1S/C15H29N3O/c1-17(12-14-7-6-8-16-11-14)13-15(19)18-9-4-2-3-5-10-18/h14,16H,2-13H2,1H3. The Balaban J connectivity index is 1.70. The molecule has 2 saturated heterocycles. The summed E-state index contributed by atoms with van der Waals surface area (Å²) in [5, 5.41) is 3.44. The third-order valence-corrected chi connectivity index (χ3v) is 4.33. The zero-order valence-electron chi connectivity index (χ0n) is 12.4. The van der Waals surface area contributed by atoms with Crippen LogP contribution in [0.1, 0.15) is 38.5 Å². The highest BCUT2D eigenvalue weighted by molar-refractivity contribution is 5.78. The molecule has 0 spiro atoms. The van der Waals surface area contributed by atoms with E-state index in [-0.39, 0.29) is 0 Å². The van der Waals surface area contributed by atoms with Gasteiger partial charge in [0.1, 0.15) is 0 Å². The van der Waals surface area contributed by atoms with E-state index in [2.05, 4.69) is 22.2 Å². The van der Waals surface area contributed by atoms with Crippen LogP contribution in [0.2, 0.25) is 0 Å². The van der Waals surface area contributed by atoms with Crippen LogP contribution in [0.5, 0.6) is 0 Å². The van der Waals surface area contributed by atoms with E-state index in [0.29, 0.717) is 12.5 Å². The first kappa shape index (κ1) is 14.8. The van der Waals surface area contributed by atoms with E-state index in [1.54, 1.807) is 0 Å². The molecule has 1 atom stereocenters. The average molecular weight is 267 g/mol. The van der Waals surface area contributed by atoms with Gasteiger partial charge in [-0.1, -0.05) is 12.8 Å². The Bertz CT molecular complexity index is 269. The van der Waals surface area contributed by atoms with Crippen LogP contribution in [0, 0.1) is 5.92 Å². The molecular weight excluding hydrogens is 238 g/mol. The van der Waals surface area contributed by atoms with Crippen molar-refractivity contribution in [3.63, 3.8) is 0 Å². The predicted molar refractivity (Wildman–Crippen MR) is 78.1 cm³/mol. The van der Waals surface area contributed by atoms with Crippen molar-refractivity contribution in [1.29, 1.82) is 0 Å². The summed E-state index contributed by atoms with van der Waals surface area (Å²) in [4.78, 5) is 16.6.